The lowest BCUT2D eigenvalue weighted by Gasteiger charge is -2.08. The van der Waals surface area contributed by atoms with Gasteiger partial charge in [0.05, 0.1) is 6.10 Å². The lowest BCUT2D eigenvalue weighted by atomic mass is 10.1. The maximum Gasteiger partial charge on any atom is 0.277 e. The van der Waals surface area contributed by atoms with E-state index in [-0.39, 0.29) is 12.0 Å². The van der Waals surface area contributed by atoms with Crippen LogP contribution in [0, 0.1) is 6.92 Å². The molecule has 0 fully saturated rings. The quantitative estimate of drug-likeness (QED) is 0.832. The van der Waals surface area contributed by atoms with Crippen molar-refractivity contribution in [2.75, 3.05) is 0 Å². The lowest BCUT2D eigenvalue weighted by molar-refractivity contribution is -0.116. The molecule has 2 aromatic rings. The molecule has 21 heavy (non-hydrogen) atoms. The molecule has 108 valence electrons. The molecule has 0 aliphatic carbocycles. The van der Waals surface area contributed by atoms with E-state index in [1.807, 2.05) is 51.2 Å². The summed E-state index contributed by atoms with van der Waals surface area (Å²) in [6.45, 7) is 5.85. The fraction of sp³-hybridized carbons (Fsp3) is 0.250. The first-order valence-corrected chi connectivity index (χ1v) is 6.89. The minimum absolute atomic E-state index is 0.0370. The van der Waals surface area contributed by atoms with E-state index in [1.54, 1.807) is 0 Å². The summed E-state index contributed by atoms with van der Waals surface area (Å²) in [6, 6.07) is 6.08. The molecular formula is C16H17N3O2. The Hall–Kier alpha value is -2.56. The van der Waals surface area contributed by atoms with Crippen LogP contribution in [-0.4, -0.2) is 22.9 Å². The molecule has 0 unspecified atom stereocenters. The molecule has 0 bridgehead atoms. The highest BCUT2D eigenvalue weighted by Crippen LogP contribution is 2.24. The number of benzene rings is 1. The minimum atomic E-state index is -0.243. The summed E-state index contributed by atoms with van der Waals surface area (Å²) in [5.41, 5.74) is 6.08. The van der Waals surface area contributed by atoms with Gasteiger partial charge in [-0.25, -0.2) is 5.43 Å². The standard InChI is InChI=1S/C16H17N3O2/c1-9(2)21-16-13(15(20)18-19-16)7-11-8-17-14-10(3)5-4-6-12(11)14/h4-9,17H,1-3H3,(H,18,20). The molecular weight excluding hydrogens is 266 g/mol. The Kier molecular flexibility index (Phi) is 3.25. The third-order valence-corrected chi connectivity index (χ3v) is 3.34. The first-order valence-electron chi connectivity index (χ1n) is 6.89. The van der Waals surface area contributed by atoms with Crippen molar-refractivity contribution < 1.29 is 9.53 Å². The van der Waals surface area contributed by atoms with Gasteiger partial charge in [0.2, 0.25) is 5.90 Å². The zero-order valence-corrected chi connectivity index (χ0v) is 12.2. The Balaban J connectivity index is 2.05. The van der Waals surface area contributed by atoms with Crippen LogP contribution in [0.4, 0.5) is 0 Å². The summed E-state index contributed by atoms with van der Waals surface area (Å²) in [4.78, 5) is 15.2. The number of hydrazone groups is 1. The number of rotatable bonds is 2. The Bertz CT molecular complexity index is 769. The summed E-state index contributed by atoms with van der Waals surface area (Å²) in [5.74, 6) is 0.102. The van der Waals surface area contributed by atoms with Crippen molar-refractivity contribution in [1.29, 1.82) is 0 Å². The molecule has 1 aromatic heterocycles. The van der Waals surface area contributed by atoms with E-state index in [0.29, 0.717) is 11.5 Å². The second-order valence-corrected chi connectivity index (χ2v) is 5.32. The predicted molar refractivity (Wildman–Crippen MR) is 82.8 cm³/mol. The monoisotopic (exact) mass is 283 g/mol. The molecule has 2 N–H and O–H groups in total. The van der Waals surface area contributed by atoms with Crippen LogP contribution >= 0.6 is 0 Å². The first kappa shape index (κ1) is 13.4. The average Bonchev–Trinajstić information content (AvgIpc) is 2.98. The normalized spacial score (nSPS) is 16.7. The number of aromatic amines is 1. The number of aryl methyl sites for hydroxylation is 1. The number of carbonyl (C=O) groups excluding carboxylic acids is 1. The Morgan fingerprint density at radius 2 is 2.14 bits per heavy atom. The van der Waals surface area contributed by atoms with Crippen LogP contribution in [0.3, 0.4) is 0 Å². The maximum atomic E-state index is 11.9. The van der Waals surface area contributed by atoms with E-state index in [4.69, 9.17) is 4.74 Å². The van der Waals surface area contributed by atoms with Gasteiger partial charge < -0.3 is 9.72 Å². The largest absolute Gasteiger partial charge is 0.473 e. The Labute approximate surface area is 122 Å². The van der Waals surface area contributed by atoms with Crippen LogP contribution in [0.1, 0.15) is 25.0 Å². The number of aromatic nitrogens is 1. The zero-order valence-electron chi connectivity index (χ0n) is 12.2. The molecule has 3 rings (SSSR count). The van der Waals surface area contributed by atoms with Crippen LogP contribution in [0.2, 0.25) is 0 Å². The molecule has 1 aliphatic rings. The van der Waals surface area contributed by atoms with Crippen molar-refractivity contribution >= 4 is 28.8 Å². The molecule has 2 heterocycles. The summed E-state index contributed by atoms with van der Waals surface area (Å²) in [5, 5.41) is 5.01. The van der Waals surface area contributed by atoms with Crippen LogP contribution in [-0.2, 0) is 9.53 Å². The van der Waals surface area contributed by atoms with Gasteiger partial charge in [0.1, 0.15) is 5.57 Å². The second-order valence-electron chi connectivity index (χ2n) is 5.32. The van der Waals surface area contributed by atoms with E-state index in [0.717, 1.165) is 16.5 Å². The number of H-pyrrole nitrogens is 1. The Morgan fingerprint density at radius 3 is 2.90 bits per heavy atom. The molecule has 0 saturated heterocycles. The van der Waals surface area contributed by atoms with Crippen molar-refractivity contribution in [3.63, 3.8) is 0 Å². The third-order valence-electron chi connectivity index (χ3n) is 3.34. The highest BCUT2D eigenvalue weighted by molar-refractivity contribution is 6.25. The number of hydrogen-bond donors (Lipinski definition) is 2. The molecule has 1 amide bonds. The number of nitrogens with zero attached hydrogens (tertiary/aromatic N) is 1. The number of ether oxygens (including phenoxy) is 1. The molecule has 1 aliphatic heterocycles. The number of hydrogen-bond acceptors (Lipinski definition) is 3. The van der Waals surface area contributed by atoms with Gasteiger partial charge in [-0.3, -0.25) is 4.79 Å². The number of para-hydroxylation sites is 1. The summed E-state index contributed by atoms with van der Waals surface area (Å²) >= 11 is 0. The van der Waals surface area contributed by atoms with Gasteiger partial charge in [-0.15, -0.1) is 5.10 Å². The fourth-order valence-corrected chi connectivity index (χ4v) is 2.36. The summed E-state index contributed by atoms with van der Waals surface area (Å²) in [7, 11) is 0. The summed E-state index contributed by atoms with van der Waals surface area (Å²) < 4.78 is 5.57. The van der Waals surface area contributed by atoms with Crippen LogP contribution in [0.25, 0.3) is 17.0 Å². The SMILES string of the molecule is Cc1cccc2c(C=C3C(=O)NN=C3OC(C)C)c[nH]c12. The van der Waals surface area contributed by atoms with Crippen molar-refractivity contribution in [2.45, 2.75) is 26.9 Å². The van der Waals surface area contributed by atoms with E-state index in [1.165, 1.54) is 5.56 Å². The van der Waals surface area contributed by atoms with E-state index in [2.05, 4.69) is 15.5 Å². The molecule has 5 heteroatoms. The minimum Gasteiger partial charge on any atom is -0.473 e. The number of nitrogens with one attached hydrogen (secondary N) is 2. The van der Waals surface area contributed by atoms with Crippen molar-refractivity contribution in [3.05, 3.63) is 41.1 Å². The molecule has 0 spiro atoms. The molecule has 1 aromatic carbocycles. The number of amides is 1. The van der Waals surface area contributed by atoms with E-state index in [9.17, 15) is 4.79 Å². The molecule has 0 atom stereocenters. The van der Waals surface area contributed by atoms with E-state index >= 15 is 0 Å². The van der Waals surface area contributed by atoms with Gasteiger partial charge in [-0.2, -0.15) is 0 Å². The van der Waals surface area contributed by atoms with Crippen LogP contribution in [0.5, 0.6) is 0 Å². The van der Waals surface area contributed by atoms with Gasteiger partial charge in [0, 0.05) is 22.7 Å². The highest BCUT2D eigenvalue weighted by atomic mass is 16.5. The zero-order chi connectivity index (χ0) is 15.0. The van der Waals surface area contributed by atoms with Gasteiger partial charge in [-0.1, -0.05) is 18.2 Å². The molecule has 0 saturated carbocycles. The third kappa shape index (κ3) is 2.42. The van der Waals surface area contributed by atoms with Crippen LogP contribution in [0.15, 0.2) is 35.1 Å². The highest BCUT2D eigenvalue weighted by Gasteiger charge is 2.25. The van der Waals surface area contributed by atoms with Gasteiger partial charge in [-0.05, 0) is 32.4 Å². The van der Waals surface area contributed by atoms with Crippen molar-refractivity contribution in [2.24, 2.45) is 5.10 Å². The first-order chi connectivity index (χ1) is 10.1. The van der Waals surface area contributed by atoms with Crippen LogP contribution < -0.4 is 5.43 Å². The number of fused-ring (bicyclic) bond motifs is 1. The maximum absolute atomic E-state index is 11.9. The molecule has 5 nitrogen and oxygen atoms in total. The van der Waals surface area contributed by atoms with Gasteiger partial charge >= 0.3 is 0 Å². The lowest BCUT2D eigenvalue weighted by Crippen LogP contribution is -2.16. The topological polar surface area (TPSA) is 66.5 Å². The van der Waals surface area contributed by atoms with Gasteiger partial charge in [0.15, 0.2) is 0 Å². The van der Waals surface area contributed by atoms with Gasteiger partial charge in [0.25, 0.3) is 5.91 Å². The van der Waals surface area contributed by atoms with E-state index < -0.39 is 0 Å². The smallest absolute Gasteiger partial charge is 0.277 e. The molecule has 0 radical (unpaired) electrons. The van der Waals surface area contributed by atoms with Crippen molar-refractivity contribution in [1.82, 2.24) is 10.4 Å². The number of carbonyl (C=O) groups is 1. The van der Waals surface area contributed by atoms with Crippen molar-refractivity contribution in [3.8, 4) is 0 Å². The average molecular weight is 283 g/mol. The predicted octanol–water partition coefficient (Wildman–Crippen LogP) is 2.73. The Morgan fingerprint density at radius 1 is 1.33 bits per heavy atom. The fourth-order valence-electron chi connectivity index (χ4n) is 2.36. The summed E-state index contributed by atoms with van der Waals surface area (Å²) in [6.07, 6.45) is 3.66. The second kappa shape index (κ2) is 5.09.